The number of H-pyrrole nitrogens is 1. The number of nitrogens with one attached hydrogen (secondary N) is 1. The van der Waals surface area contributed by atoms with Crippen LogP contribution in [-0.4, -0.2) is 29.5 Å². The maximum atomic E-state index is 6.44. The Bertz CT molecular complexity index is 3480. The molecule has 0 fully saturated rings. The van der Waals surface area contributed by atoms with Crippen LogP contribution in [0.5, 0.6) is 0 Å². The largest absolute Gasteiger partial charge is 0.436 e. The molecular weight excluding hydrogens is 725 g/mol. The Kier molecular flexibility index (Phi) is 7.40. The normalized spacial score (nSPS) is 11.7. The summed E-state index contributed by atoms with van der Waals surface area (Å²) in [6.45, 7) is 0. The van der Waals surface area contributed by atoms with Gasteiger partial charge in [0.15, 0.2) is 23.1 Å². The SMILES string of the molecule is c1ccc(-c2nc(-c3ccccc3)nc(-c3ccc(-n4c5ccc(-c6cccc7c6[nH]c6ccccc67)cc5c5cc6oc(-c7ccccc7)nc6cc54)cc3)n2)cc1. The van der Waals surface area contributed by atoms with Gasteiger partial charge < -0.3 is 14.0 Å². The van der Waals surface area contributed by atoms with Crippen LogP contribution in [-0.2, 0) is 0 Å². The Morgan fingerprint density at radius 1 is 0.407 bits per heavy atom. The monoisotopic (exact) mass is 756 g/mol. The van der Waals surface area contributed by atoms with Crippen molar-refractivity contribution in [3.05, 3.63) is 188 Å². The smallest absolute Gasteiger partial charge is 0.227 e. The van der Waals surface area contributed by atoms with Gasteiger partial charge in [0.1, 0.15) is 5.52 Å². The first kappa shape index (κ1) is 33.0. The Labute approximate surface area is 337 Å². The summed E-state index contributed by atoms with van der Waals surface area (Å²) in [4.78, 5) is 23.5. The van der Waals surface area contributed by atoms with E-state index in [9.17, 15) is 0 Å². The Balaban J connectivity index is 1.04. The van der Waals surface area contributed by atoms with Crippen LogP contribution in [0.15, 0.2) is 192 Å². The van der Waals surface area contributed by atoms with Crippen molar-refractivity contribution >= 4 is 54.7 Å². The van der Waals surface area contributed by atoms with Gasteiger partial charge in [-0.15, -0.1) is 0 Å². The molecule has 0 saturated carbocycles. The number of hydrogen-bond donors (Lipinski definition) is 1. The minimum atomic E-state index is 0.599. The highest BCUT2D eigenvalue weighted by atomic mass is 16.3. The molecule has 0 saturated heterocycles. The third-order valence-corrected chi connectivity index (χ3v) is 11.2. The van der Waals surface area contributed by atoms with E-state index in [0.29, 0.717) is 23.4 Å². The van der Waals surface area contributed by atoms with E-state index in [0.717, 1.165) is 83.0 Å². The summed E-state index contributed by atoms with van der Waals surface area (Å²) < 4.78 is 8.75. The second kappa shape index (κ2) is 13.2. The summed E-state index contributed by atoms with van der Waals surface area (Å²) in [6, 6.07) is 64.7. The van der Waals surface area contributed by atoms with Gasteiger partial charge in [-0.3, -0.25) is 0 Å². The molecule has 4 heterocycles. The number of rotatable bonds is 6. The van der Waals surface area contributed by atoms with Crippen LogP contribution in [0.1, 0.15) is 0 Å². The molecule has 276 valence electrons. The quantitative estimate of drug-likeness (QED) is 0.183. The van der Waals surface area contributed by atoms with Crippen LogP contribution in [0.25, 0.3) is 117 Å². The van der Waals surface area contributed by atoms with E-state index in [-0.39, 0.29) is 0 Å². The number of para-hydroxylation sites is 2. The molecule has 8 aromatic carbocycles. The number of oxazole rings is 1. The second-order valence-corrected chi connectivity index (χ2v) is 14.8. The van der Waals surface area contributed by atoms with Gasteiger partial charge in [-0.05, 0) is 72.3 Å². The van der Waals surface area contributed by atoms with Gasteiger partial charge in [0, 0.05) is 60.6 Å². The molecule has 0 aliphatic heterocycles. The van der Waals surface area contributed by atoms with Crippen molar-refractivity contribution in [2.24, 2.45) is 0 Å². The number of fused-ring (bicyclic) bond motifs is 7. The molecule has 0 aliphatic rings. The minimum Gasteiger partial charge on any atom is -0.436 e. The van der Waals surface area contributed by atoms with Crippen molar-refractivity contribution in [2.75, 3.05) is 0 Å². The summed E-state index contributed by atoms with van der Waals surface area (Å²) in [5.74, 6) is 2.47. The summed E-state index contributed by atoms with van der Waals surface area (Å²) >= 11 is 0. The van der Waals surface area contributed by atoms with Gasteiger partial charge in [-0.1, -0.05) is 121 Å². The third kappa shape index (κ3) is 5.51. The van der Waals surface area contributed by atoms with E-state index in [2.05, 4.69) is 107 Å². The summed E-state index contributed by atoms with van der Waals surface area (Å²) in [5.41, 5.74) is 12.9. The van der Waals surface area contributed by atoms with Gasteiger partial charge in [0.25, 0.3) is 0 Å². The molecule has 0 radical (unpaired) electrons. The third-order valence-electron chi connectivity index (χ3n) is 11.2. The lowest BCUT2D eigenvalue weighted by Gasteiger charge is -2.11. The number of hydrogen-bond acceptors (Lipinski definition) is 5. The molecule has 7 nitrogen and oxygen atoms in total. The number of aromatic amines is 1. The predicted molar refractivity (Wildman–Crippen MR) is 238 cm³/mol. The van der Waals surface area contributed by atoms with E-state index in [4.69, 9.17) is 24.4 Å². The Hall–Kier alpha value is -8.16. The van der Waals surface area contributed by atoms with Gasteiger partial charge in [-0.25, -0.2) is 19.9 Å². The van der Waals surface area contributed by atoms with Crippen LogP contribution in [0.2, 0.25) is 0 Å². The fourth-order valence-electron chi connectivity index (χ4n) is 8.40. The second-order valence-electron chi connectivity index (χ2n) is 14.8. The van der Waals surface area contributed by atoms with Crippen LogP contribution < -0.4 is 0 Å². The maximum Gasteiger partial charge on any atom is 0.227 e. The molecule has 4 aromatic heterocycles. The molecule has 7 heteroatoms. The van der Waals surface area contributed by atoms with Gasteiger partial charge >= 0.3 is 0 Å². The fourth-order valence-corrected chi connectivity index (χ4v) is 8.40. The molecule has 0 unspecified atom stereocenters. The van der Waals surface area contributed by atoms with Crippen LogP contribution >= 0.6 is 0 Å². The molecule has 12 rings (SSSR count). The zero-order valence-electron chi connectivity index (χ0n) is 31.5. The molecule has 0 spiro atoms. The average molecular weight is 757 g/mol. The molecule has 0 amide bonds. The molecular formula is C52H32N6O. The Morgan fingerprint density at radius 2 is 0.983 bits per heavy atom. The van der Waals surface area contributed by atoms with E-state index in [1.807, 2.05) is 91.0 Å². The minimum absolute atomic E-state index is 0.599. The van der Waals surface area contributed by atoms with E-state index < -0.39 is 0 Å². The lowest BCUT2D eigenvalue weighted by atomic mass is 10.00. The van der Waals surface area contributed by atoms with Crippen molar-refractivity contribution in [1.29, 1.82) is 0 Å². The summed E-state index contributed by atoms with van der Waals surface area (Å²) in [5, 5.41) is 4.63. The van der Waals surface area contributed by atoms with Crippen molar-refractivity contribution in [3.63, 3.8) is 0 Å². The molecule has 59 heavy (non-hydrogen) atoms. The van der Waals surface area contributed by atoms with Crippen LogP contribution in [0, 0.1) is 0 Å². The first-order valence-corrected chi connectivity index (χ1v) is 19.6. The van der Waals surface area contributed by atoms with Crippen LogP contribution in [0.3, 0.4) is 0 Å². The first-order valence-electron chi connectivity index (χ1n) is 19.6. The van der Waals surface area contributed by atoms with E-state index >= 15 is 0 Å². The zero-order valence-corrected chi connectivity index (χ0v) is 31.5. The van der Waals surface area contributed by atoms with Crippen molar-refractivity contribution < 1.29 is 4.42 Å². The van der Waals surface area contributed by atoms with E-state index in [1.165, 1.54) is 10.8 Å². The highest BCUT2D eigenvalue weighted by molar-refractivity contribution is 6.16. The summed E-state index contributed by atoms with van der Waals surface area (Å²) in [6.07, 6.45) is 0. The first-order chi connectivity index (χ1) is 29.2. The fraction of sp³-hybridized carbons (Fsp3) is 0. The molecule has 12 aromatic rings. The number of benzene rings is 8. The van der Waals surface area contributed by atoms with Gasteiger partial charge in [-0.2, -0.15) is 0 Å². The maximum absolute atomic E-state index is 6.44. The molecule has 0 aliphatic carbocycles. The highest BCUT2D eigenvalue weighted by Crippen LogP contribution is 2.40. The lowest BCUT2D eigenvalue weighted by Crippen LogP contribution is -2.00. The highest BCUT2D eigenvalue weighted by Gasteiger charge is 2.19. The van der Waals surface area contributed by atoms with Crippen molar-refractivity contribution in [1.82, 2.24) is 29.5 Å². The standard InChI is InChI=1S/C52H32N6O/c1-4-13-32(14-5-1)49-55-50(33-15-6-2-7-16-33)57-51(56-49)34-23-26-37(27-24-34)58-45-28-25-36(38-20-12-21-40-39-19-10-11-22-43(39)53-48(38)40)29-41(45)42-30-47-44(31-46(42)58)54-52(59-47)35-17-8-3-9-18-35/h1-31,53H. The number of nitrogens with zero attached hydrogens (tertiary/aromatic N) is 5. The summed E-state index contributed by atoms with van der Waals surface area (Å²) in [7, 11) is 0. The molecule has 0 bridgehead atoms. The number of aromatic nitrogens is 6. The topological polar surface area (TPSA) is 85.4 Å². The van der Waals surface area contributed by atoms with Gasteiger partial charge in [0.05, 0.1) is 16.6 Å². The van der Waals surface area contributed by atoms with Crippen LogP contribution in [0.4, 0.5) is 0 Å². The average Bonchev–Trinajstić information content (AvgIpc) is 4.00. The zero-order chi connectivity index (χ0) is 38.9. The van der Waals surface area contributed by atoms with E-state index in [1.54, 1.807) is 0 Å². The lowest BCUT2D eigenvalue weighted by molar-refractivity contribution is 0.620. The molecule has 1 N–H and O–H groups in total. The van der Waals surface area contributed by atoms with Crippen molar-refractivity contribution in [3.8, 4) is 62.4 Å². The molecule has 0 atom stereocenters. The predicted octanol–water partition coefficient (Wildman–Crippen LogP) is 13.1. The Morgan fingerprint density at radius 3 is 1.68 bits per heavy atom. The van der Waals surface area contributed by atoms with Gasteiger partial charge in [0.2, 0.25) is 5.89 Å². The van der Waals surface area contributed by atoms with Crippen molar-refractivity contribution in [2.45, 2.75) is 0 Å².